The van der Waals surface area contributed by atoms with Crippen molar-refractivity contribution in [1.29, 1.82) is 10.5 Å². The molecule has 2 heterocycles. The van der Waals surface area contributed by atoms with Gasteiger partial charge < -0.3 is 8.98 Å². The molecule has 1 aliphatic carbocycles. The largest absolute Gasteiger partial charge is 0.455 e. The normalized spacial score (nSPS) is 13.9. The summed E-state index contributed by atoms with van der Waals surface area (Å²) in [6, 6.07) is 23.0. The third-order valence-electron chi connectivity index (χ3n) is 5.81. The van der Waals surface area contributed by atoms with Crippen molar-refractivity contribution in [2.45, 2.75) is 6.92 Å². The second-order valence-electron chi connectivity index (χ2n) is 7.76. The van der Waals surface area contributed by atoms with Gasteiger partial charge in [0.1, 0.15) is 23.5 Å². The standard InChI is InChI=1S/C27H17N3O2/c1-16-7-9-17(10-8-16)23-13-25-24(30(23)2)12-19(32-25)11-22-26(18(14-28)15-29)20-5-3-4-6-21(20)27(22)31/h3-13H,1-2H3/b22-11-. The molecule has 5 nitrogen and oxygen atoms in total. The summed E-state index contributed by atoms with van der Waals surface area (Å²) in [5.74, 6) is 0.268. The average Bonchev–Trinajstić information content (AvgIpc) is 3.43. The van der Waals surface area contributed by atoms with Crippen molar-refractivity contribution in [1.82, 2.24) is 4.57 Å². The Labute approximate surface area is 184 Å². The van der Waals surface area contributed by atoms with Gasteiger partial charge in [0.05, 0.1) is 11.2 Å². The molecule has 5 heteroatoms. The minimum absolute atomic E-state index is 0.0904. The molecule has 2 aromatic carbocycles. The zero-order chi connectivity index (χ0) is 22.4. The molecule has 4 aromatic rings. The van der Waals surface area contributed by atoms with Crippen molar-refractivity contribution in [3.63, 3.8) is 0 Å². The quantitative estimate of drug-likeness (QED) is 0.305. The molecule has 0 spiro atoms. The van der Waals surface area contributed by atoms with Crippen LogP contribution in [-0.2, 0) is 7.05 Å². The van der Waals surface area contributed by atoms with Crippen LogP contribution in [-0.4, -0.2) is 10.4 Å². The van der Waals surface area contributed by atoms with Crippen LogP contribution in [0.25, 0.3) is 34.0 Å². The molecule has 0 N–H and O–H groups in total. The molecule has 0 fully saturated rings. The number of hydrogen-bond donors (Lipinski definition) is 0. The fourth-order valence-corrected chi connectivity index (χ4v) is 4.19. The van der Waals surface area contributed by atoms with E-state index in [1.807, 2.05) is 35.9 Å². The van der Waals surface area contributed by atoms with Gasteiger partial charge in [-0.15, -0.1) is 0 Å². The zero-order valence-electron chi connectivity index (χ0n) is 17.5. The van der Waals surface area contributed by atoms with Gasteiger partial charge in [0.25, 0.3) is 0 Å². The van der Waals surface area contributed by atoms with E-state index in [1.54, 1.807) is 30.3 Å². The lowest BCUT2D eigenvalue weighted by Crippen LogP contribution is -1.95. The molecule has 0 bridgehead atoms. The van der Waals surface area contributed by atoms with E-state index in [0.717, 1.165) is 16.8 Å². The maximum absolute atomic E-state index is 13.1. The molecule has 0 aliphatic heterocycles. The Morgan fingerprint density at radius 2 is 1.69 bits per heavy atom. The van der Waals surface area contributed by atoms with Crippen LogP contribution in [0.15, 0.2) is 76.2 Å². The number of aryl methyl sites for hydroxylation is 2. The third-order valence-corrected chi connectivity index (χ3v) is 5.81. The predicted molar refractivity (Wildman–Crippen MR) is 122 cm³/mol. The number of benzene rings is 2. The van der Waals surface area contributed by atoms with Crippen LogP contribution in [0.1, 0.15) is 27.2 Å². The van der Waals surface area contributed by atoms with Gasteiger partial charge in [-0.2, -0.15) is 10.5 Å². The first kappa shape index (κ1) is 19.4. The van der Waals surface area contributed by atoms with Crippen molar-refractivity contribution in [2.24, 2.45) is 7.05 Å². The fourth-order valence-electron chi connectivity index (χ4n) is 4.19. The molecular weight excluding hydrogens is 398 g/mol. The number of Topliss-reactive ketones (excluding diaryl/α,β-unsaturated/α-hetero) is 1. The highest BCUT2D eigenvalue weighted by molar-refractivity contribution is 6.29. The predicted octanol–water partition coefficient (Wildman–Crippen LogP) is 5.83. The monoisotopic (exact) mass is 415 g/mol. The molecule has 152 valence electrons. The SMILES string of the molecule is Cc1ccc(-c2cc3oc(/C=C4\C(=O)c5ccccc5C4=C(C#N)C#N)cc3n2C)cc1. The lowest BCUT2D eigenvalue weighted by Gasteiger charge is -2.04. The third kappa shape index (κ3) is 2.88. The Kier molecular flexibility index (Phi) is 4.40. The van der Waals surface area contributed by atoms with Gasteiger partial charge >= 0.3 is 0 Å². The van der Waals surface area contributed by atoms with Gasteiger partial charge in [-0.1, -0.05) is 54.1 Å². The van der Waals surface area contributed by atoms with Crippen molar-refractivity contribution in [3.8, 4) is 23.4 Å². The minimum atomic E-state index is -0.223. The molecular formula is C27H17N3O2. The maximum atomic E-state index is 13.1. The molecule has 0 saturated heterocycles. The number of carbonyl (C=O) groups excluding carboxylic acids is 1. The lowest BCUT2D eigenvalue weighted by molar-refractivity contribution is 0.104. The second kappa shape index (κ2) is 7.27. The summed E-state index contributed by atoms with van der Waals surface area (Å²) in [5.41, 5.74) is 6.54. The second-order valence-corrected chi connectivity index (χ2v) is 7.76. The summed E-state index contributed by atoms with van der Waals surface area (Å²) in [6.07, 6.45) is 1.62. The van der Waals surface area contributed by atoms with E-state index in [4.69, 9.17) is 4.42 Å². The summed E-state index contributed by atoms with van der Waals surface area (Å²) >= 11 is 0. The first-order chi connectivity index (χ1) is 15.5. The zero-order valence-corrected chi connectivity index (χ0v) is 17.5. The number of carbonyl (C=O) groups is 1. The van der Waals surface area contributed by atoms with Gasteiger partial charge in [0.2, 0.25) is 0 Å². The molecule has 2 aromatic heterocycles. The highest BCUT2D eigenvalue weighted by atomic mass is 16.3. The van der Waals surface area contributed by atoms with Crippen molar-refractivity contribution in [3.05, 3.63) is 94.3 Å². The number of fused-ring (bicyclic) bond motifs is 2. The number of ketones is 1. The van der Waals surface area contributed by atoms with E-state index in [1.165, 1.54) is 5.56 Å². The number of furan rings is 1. The van der Waals surface area contributed by atoms with E-state index >= 15 is 0 Å². The van der Waals surface area contributed by atoms with Crippen molar-refractivity contribution >= 4 is 28.5 Å². The molecule has 0 amide bonds. The Balaban J connectivity index is 1.63. The van der Waals surface area contributed by atoms with Crippen LogP contribution in [0.5, 0.6) is 0 Å². The Bertz CT molecular complexity index is 1550. The van der Waals surface area contributed by atoms with Crippen LogP contribution in [0.3, 0.4) is 0 Å². The molecule has 0 saturated carbocycles. The molecule has 1 aliphatic rings. The van der Waals surface area contributed by atoms with E-state index in [9.17, 15) is 15.3 Å². The van der Waals surface area contributed by atoms with Gasteiger partial charge in [0, 0.05) is 35.9 Å². The molecule has 0 radical (unpaired) electrons. The van der Waals surface area contributed by atoms with Gasteiger partial charge in [-0.25, -0.2) is 0 Å². The van der Waals surface area contributed by atoms with Crippen LogP contribution < -0.4 is 0 Å². The topological polar surface area (TPSA) is 82.7 Å². The van der Waals surface area contributed by atoms with E-state index in [0.29, 0.717) is 33.6 Å². The Hall–Kier alpha value is -4.61. The first-order valence-corrected chi connectivity index (χ1v) is 10.1. The van der Waals surface area contributed by atoms with Crippen molar-refractivity contribution in [2.75, 3.05) is 0 Å². The lowest BCUT2D eigenvalue weighted by atomic mass is 9.99. The summed E-state index contributed by atoms with van der Waals surface area (Å²) in [6.45, 7) is 2.05. The highest BCUT2D eigenvalue weighted by Crippen LogP contribution is 2.40. The minimum Gasteiger partial charge on any atom is -0.455 e. The molecule has 5 rings (SSSR count). The van der Waals surface area contributed by atoms with Gasteiger partial charge in [-0.3, -0.25) is 4.79 Å². The van der Waals surface area contributed by atoms with Crippen LogP contribution >= 0.6 is 0 Å². The maximum Gasteiger partial charge on any atom is 0.194 e. The summed E-state index contributed by atoms with van der Waals surface area (Å²) in [7, 11) is 1.97. The Morgan fingerprint density at radius 1 is 1.00 bits per heavy atom. The number of nitriles is 2. The number of rotatable bonds is 2. The smallest absolute Gasteiger partial charge is 0.194 e. The average molecular weight is 415 g/mol. The van der Waals surface area contributed by atoms with E-state index < -0.39 is 0 Å². The highest BCUT2D eigenvalue weighted by Gasteiger charge is 2.32. The van der Waals surface area contributed by atoms with Gasteiger partial charge in [0.15, 0.2) is 11.4 Å². The molecule has 32 heavy (non-hydrogen) atoms. The van der Waals surface area contributed by atoms with Crippen LogP contribution in [0.2, 0.25) is 0 Å². The summed E-state index contributed by atoms with van der Waals surface area (Å²) < 4.78 is 8.09. The number of hydrogen-bond acceptors (Lipinski definition) is 4. The van der Waals surface area contributed by atoms with E-state index in [2.05, 4.69) is 31.2 Å². The van der Waals surface area contributed by atoms with Crippen molar-refractivity contribution < 1.29 is 9.21 Å². The summed E-state index contributed by atoms with van der Waals surface area (Å²) in [5, 5.41) is 18.9. The number of nitrogens with zero attached hydrogens (tertiary/aromatic N) is 3. The van der Waals surface area contributed by atoms with E-state index in [-0.39, 0.29) is 11.4 Å². The molecule has 0 atom stereocenters. The number of allylic oxidation sites excluding steroid dienone is 3. The number of aromatic nitrogens is 1. The van der Waals surface area contributed by atoms with Crippen LogP contribution in [0, 0.1) is 29.6 Å². The Morgan fingerprint density at radius 3 is 2.34 bits per heavy atom. The van der Waals surface area contributed by atoms with Crippen LogP contribution in [0.4, 0.5) is 0 Å². The fraction of sp³-hybridized carbons (Fsp3) is 0.0741. The first-order valence-electron chi connectivity index (χ1n) is 10.1. The summed E-state index contributed by atoms with van der Waals surface area (Å²) in [4.78, 5) is 13.1. The van der Waals surface area contributed by atoms with Gasteiger partial charge in [-0.05, 0) is 24.1 Å². The molecule has 0 unspecified atom stereocenters.